The van der Waals surface area contributed by atoms with Crippen LogP contribution in [0, 0.1) is 0 Å². The number of urea groups is 1. The lowest BCUT2D eigenvalue weighted by Crippen LogP contribution is -2.42. The molecule has 3 rings (SSSR count). The highest BCUT2D eigenvalue weighted by molar-refractivity contribution is 5.92. The predicted octanol–water partition coefficient (Wildman–Crippen LogP) is 3.56. The molecule has 0 spiro atoms. The standard InChI is InChI=1S/C21H34N4O2.H2/c1-6-7-18-14-25(18)16(4)13-24-10-11-27-20-9-8-17(12-19(20)24)23(5)21(26)22-15(2)3;/h8-9,12,15-16,18H,6-7,10-11,13-14H2,1-5H3,(H,22,26);1H. The summed E-state index contributed by atoms with van der Waals surface area (Å²) in [6.45, 7) is 12.3. The number of nitrogens with one attached hydrogen (secondary N) is 1. The SMILES string of the molecule is CCCC1CN1C(C)CN1CCOc2ccc(N(C)C(=O)NC(C)C)cc21.[HH]. The number of carbonyl (C=O) groups excluding carboxylic acids is 1. The maximum Gasteiger partial charge on any atom is 0.321 e. The van der Waals surface area contributed by atoms with Gasteiger partial charge in [0.05, 0.1) is 12.2 Å². The summed E-state index contributed by atoms with van der Waals surface area (Å²) >= 11 is 0. The van der Waals surface area contributed by atoms with E-state index >= 15 is 0 Å². The van der Waals surface area contributed by atoms with E-state index in [0.717, 1.165) is 36.3 Å². The lowest BCUT2D eigenvalue weighted by atomic mass is 10.1. The van der Waals surface area contributed by atoms with E-state index in [1.54, 1.807) is 11.9 Å². The Morgan fingerprint density at radius 2 is 2.19 bits per heavy atom. The fourth-order valence-corrected chi connectivity index (χ4v) is 3.87. The zero-order valence-corrected chi connectivity index (χ0v) is 17.4. The van der Waals surface area contributed by atoms with Crippen molar-refractivity contribution >= 4 is 17.4 Å². The van der Waals surface area contributed by atoms with E-state index in [2.05, 4.69) is 35.0 Å². The third-order valence-electron chi connectivity index (χ3n) is 5.44. The van der Waals surface area contributed by atoms with E-state index in [0.29, 0.717) is 12.6 Å². The Bertz CT molecular complexity index is 670. The van der Waals surface area contributed by atoms with Crippen LogP contribution in [0.1, 0.15) is 42.0 Å². The Labute approximate surface area is 164 Å². The fraction of sp³-hybridized carbons (Fsp3) is 0.667. The highest BCUT2D eigenvalue weighted by Gasteiger charge is 2.37. The van der Waals surface area contributed by atoms with E-state index in [-0.39, 0.29) is 13.5 Å². The monoisotopic (exact) mass is 376 g/mol. The Balaban J connectivity index is 0.00000280. The Kier molecular flexibility index (Phi) is 6.15. The number of nitrogens with zero attached hydrogens (tertiary/aromatic N) is 3. The summed E-state index contributed by atoms with van der Waals surface area (Å²) in [5, 5.41) is 2.94. The average Bonchev–Trinajstić information content (AvgIpc) is 3.40. The van der Waals surface area contributed by atoms with Gasteiger partial charge in [0, 0.05) is 45.4 Å². The van der Waals surface area contributed by atoms with Crippen LogP contribution < -0.4 is 19.9 Å². The number of anilines is 2. The Morgan fingerprint density at radius 1 is 1.41 bits per heavy atom. The molecule has 1 saturated heterocycles. The first kappa shape index (κ1) is 19.8. The van der Waals surface area contributed by atoms with Crippen molar-refractivity contribution in [2.24, 2.45) is 0 Å². The van der Waals surface area contributed by atoms with Crippen LogP contribution in [0.5, 0.6) is 5.75 Å². The highest BCUT2D eigenvalue weighted by atomic mass is 16.5. The molecule has 2 amide bonds. The van der Waals surface area contributed by atoms with Crippen LogP contribution in [0.2, 0.25) is 0 Å². The Hall–Kier alpha value is -1.95. The van der Waals surface area contributed by atoms with E-state index in [9.17, 15) is 4.79 Å². The van der Waals surface area contributed by atoms with Crippen molar-refractivity contribution in [2.45, 2.75) is 58.7 Å². The van der Waals surface area contributed by atoms with Gasteiger partial charge in [-0.25, -0.2) is 4.79 Å². The third kappa shape index (κ3) is 4.67. The summed E-state index contributed by atoms with van der Waals surface area (Å²) in [7, 11) is 1.81. The molecule has 2 heterocycles. The van der Waals surface area contributed by atoms with Crippen LogP contribution in [0.25, 0.3) is 0 Å². The number of fused-ring (bicyclic) bond motifs is 1. The van der Waals surface area contributed by atoms with Crippen molar-refractivity contribution in [3.8, 4) is 5.75 Å². The molecule has 0 aromatic heterocycles. The van der Waals surface area contributed by atoms with Gasteiger partial charge < -0.3 is 15.0 Å². The van der Waals surface area contributed by atoms with Crippen LogP contribution >= 0.6 is 0 Å². The van der Waals surface area contributed by atoms with Gasteiger partial charge in [0.1, 0.15) is 12.4 Å². The molecular formula is C21H36N4O2. The van der Waals surface area contributed by atoms with Crippen LogP contribution in [0.3, 0.4) is 0 Å². The number of benzene rings is 1. The lowest BCUT2D eigenvalue weighted by Gasteiger charge is -2.34. The Morgan fingerprint density at radius 3 is 2.89 bits per heavy atom. The topological polar surface area (TPSA) is 47.8 Å². The van der Waals surface area contributed by atoms with Crippen LogP contribution in [-0.4, -0.2) is 62.3 Å². The molecule has 2 aliphatic heterocycles. The molecule has 1 N–H and O–H groups in total. The van der Waals surface area contributed by atoms with Crippen molar-refractivity contribution in [2.75, 3.05) is 43.1 Å². The van der Waals surface area contributed by atoms with Crippen LogP contribution in [-0.2, 0) is 0 Å². The first-order valence-electron chi connectivity index (χ1n) is 10.2. The van der Waals surface area contributed by atoms with Gasteiger partial charge in [0.15, 0.2) is 0 Å². The van der Waals surface area contributed by atoms with Crippen molar-refractivity contribution in [1.82, 2.24) is 10.2 Å². The predicted molar refractivity (Wildman–Crippen MR) is 113 cm³/mol. The van der Waals surface area contributed by atoms with Gasteiger partial charge in [-0.1, -0.05) is 13.3 Å². The molecule has 6 nitrogen and oxygen atoms in total. The third-order valence-corrected chi connectivity index (χ3v) is 5.44. The molecule has 1 fully saturated rings. The minimum atomic E-state index is -0.0897. The number of amides is 2. The van der Waals surface area contributed by atoms with E-state index in [4.69, 9.17) is 4.74 Å². The minimum Gasteiger partial charge on any atom is -0.490 e. The maximum atomic E-state index is 12.3. The molecule has 0 bridgehead atoms. The van der Waals surface area contributed by atoms with Gasteiger partial charge in [-0.05, 0) is 45.4 Å². The molecule has 2 aliphatic rings. The van der Waals surface area contributed by atoms with Gasteiger partial charge in [-0.2, -0.15) is 0 Å². The minimum absolute atomic E-state index is 0. The lowest BCUT2D eigenvalue weighted by molar-refractivity contribution is 0.245. The van der Waals surface area contributed by atoms with Crippen LogP contribution in [0.15, 0.2) is 18.2 Å². The quantitative estimate of drug-likeness (QED) is 0.739. The van der Waals surface area contributed by atoms with Gasteiger partial charge >= 0.3 is 6.03 Å². The van der Waals surface area contributed by atoms with Gasteiger partial charge in [0.2, 0.25) is 0 Å². The molecular weight excluding hydrogens is 340 g/mol. The van der Waals surface area contributed by atoms with Crippen molar-refractivity contribution in [3.63, 3.8) is 0 Å². The second kappa shape index (κ2) is 8.38. The molecule has 6 heteroatoms. The molecule has 1 aromatic carbocycles. The fourth-order valence-electron chi connectivity index (χ4n) is 3.87. The summed E-state index contributed by atoms with van der Waals surface area (Å²) in [4.78, 5) is 19.0. The van der Waals surface area contributed by atoms with Gasteiger partial charge in [0.25, 0.3) is 0 Å². The largest absolute Gasteiger partial charge is 0.490 e. The zero-order valence-electron chi connectivity index (χ0n) is 17.4. The smallest absolute Gasteiger partial charge is 0.321 e. The van der Waals surface area contributed by atoms with E-state index in [1.165, 1.54) is 19.4 Å². The summed E-state index contributed by atoms with van der Waals surface area (Å²) in [6.07, 6.45) is 2.55. The number of rotatable bonds is 7. The first-order chi connectivity index (χ1) is 12.9. The summed E-state index contributed by atoms with van der Waals surface area (Å²) in [5.41, 5.74) is 1.97. The normalized spacial score (nSPS) is 22.1. The highest BCUT2D eigenvalue weighted by Crippen LogP contribution is 2.36. The number of hydrogen-bond acceptors (Lipinski definition) is 4. The second-order valence-corrected chi connectivity index (χ2v) is 8.10. The summed E-state index contributed by atoms with van der Waals surface area (Å²) in [6, 6.07) is 7.33. The van der Waals surface area contributed by atoms with Crippen LogP contribution in [0.4, 0.5) is 16.2 Å². The number of hydrogen-bond donors (Lipinski definition) is 1. The molecule has 3 atom stereocenters. The summed E-state index contributed by atoms with van der Waals surface area (Å²) < 4.78 is 5.86. The molecule has 152 valence electrons. The molecule has 3 unspecified atom stereocenters. The molecule has 0 aliphatic carbocycles. The molecule has 0 saturated carbocycles. The van der Waals surface area contributed by atoms with Crippen molar-refractivity contribution in [1.29, 1.82) is 0 Å². The maximum absolute atomic E-state index is 12.3. The molecule has 0 radical (unpaired) electrons. The van der Waals surface area contributed by atoms with E-state index < -0.39 is 0 Å². The second-order valence-electron chi connectivity index (χ2n) is 8.10. The first-order valence-corrected chi connectivity index (χ1v) is 10.2. The molecule has 27 heavy (non-hydrogen) atoms. The van der Waals surface area contributed by atoms with Crippen molar-refractivity contribution in [3.05, 3.63) is 18.2 Å². The van der Waals surface area contributed by atoms with Gasteiger partial charge in [-0.3, -0.25) is 9.80 Å². The zero-order chi connectivity index (χ0) is 19.6. The number of carbonyl (C=O) groups is 1. The average molecular weight is 377 g/mol. The molecule has 1 aromatic rings. The van der Waals surface area contributed by atoms with E-state index in [1.807, 2.05) is 26.0 Å². The van der Waals surface area contributed by atoms with Gasteiger partial charge in [-0.15, -0.1) is 0 Å². The number of ether oxygens (including phenoxy) is 1. The van der Waals surface area contributed by atoms with Crippen molar-refractivity contribution < 1.29 is 11.0 Å². The summed E-state index contributed by atoms with van der Waals surface area (Å²) in [5.74, 6) is 0.908.